The number of aromatic nitrogens is 3. The Balaban J connectivity index is 1.56. The molecule has 0 bridgehead atoms. The van der Waals surface area contributed by atoms with E-state index in [2.05, 4.69) is 20.8 Å². The first-order valence-corrected chi connectivity index (χ1v) is 11.0. The Bertz CT molecular complexity index is 1230. The van der Waals surface area contributed by atoms with Crippen LogP contribution in [0.1, 0.15) is 10.4 Å². The normalized spacial score (nSPS) is 10.5. The third kappa shape index (κ3) is 4.70. The van der Waals surface area contributed by atoms with Gasteiger partial charge in [-0.1, -0.05) is 72.4 Å². The van der Waals surface area contributed by atoms with Gasteiger partial charge in [-0.2, -0.15) is 0 Å². The molecule has 3 aromatic carbocycles. The average Bonchev–Trinajstić information content (AvgIpc) is 3.28. The fraction of sp³-hybridized carbons (Fsp3) is 0.0833. The average molecular weight is 444 g/mol. The summed E-state index contributed by atoms with van der Waals surface area (Å²) in [5.41, 5.74) is 2.71. The molecule has 0 radical (unpaired) electrons. The molecule has 2 amide bonds. The smallest absolute Gasteiger partial charge is 0.253 e. The lowest BCUT2D eigenvalue weighted by molar-refractivity contribution is -0.113. The van der Waals surface area contributed by atoms with Gasteiger partial charge in [0.15, 0.2) is 11.0 Å². The molecule has 160 valence electrons. The Morgan fingerprint density at radius 3 is 2.25 bits per heavy atom. The molecule has 1 aromatic heterocycles. The largest absolute Gasteiger partial charge is 0.355 e. The highest BCUT2D eigenvalue weighted by Gasteiger charge is 2.18. The molecule has 0 aliphatic heterocycles. The van der Waals surface area contributed by atoms with E-state index in [-0.39, 0.29) is 17.6 Å². The molecule has 4 rings (SSSR count). The Kier molecular flexibility index (Phi) is 6.62. The quantitative estimate of drug-likeness (QED) is 0.421. The van der Waals surface area contributed by atoms with Gasteiger partial charge < -0.3 is 10.6 Å². The predicted molar refractivity (Wildman–Crippen MR) is 126 cm³/mol. The maximum atomic E-state index is 12.7. The van der Waals surface area contributed by atoms with Crippen molar-refractivity contribution in [2.45, 2.75) is 5.16 Å². The summed E-state index contributed by atoms with van der Waals surface area (Å²) in [6, 6.07) is 26.5. The predicted octanol–water partition coefficient (Wildman–Crippen LogP) is 4.02. The van der Waals surface area contributed by atoms with Gasteiger partial charge in [0.25, 0.3) is 5.91 Å². The number of benzene rings is 3. The second-order valence-corrected chi connectivity index (χ2v) is 7.75. The first-order chi connectivity index (χ1) is 15.7. The summed E-state index contributed by atoms with van der Waals surface area (Å²) in [5, 5.41) is 14.7. The number of amides is 2. The number of hydrogen-bond acceptors (Lipinski definition) is 5. The van der Waals surface area contributed by atoms with Gasteiger partial charge in [0.05, 0.1) is 17.0 Å². The molecule has 1 heterocycles. The van der Waals surface area contributed by atoms with E-state index >= 15 is 0 Å². The Labute approximate surface area is 189 Å². The minimum Gasteiger partial charge on any atom is -0.355 e. The van der Waals surface area contributed by atoms with Gasteiger partial charge in [-0.05, 0) is 24.3 Å². The summed E-state index contributed by atoms with van der Waals surface area (Å²) in [6.45, 7) is 0. The summed E-state index contributed by atoms with van der Waals surface area (Å²) >= 11 is 1.28. The van der Waals surface area contributed by atoms with Crippen molar-refractivity contribution < 1.29 is 9.59 Å². The number of nitrogens with zero attached hydrogens (tertiary/aromatic N) is 3. The van der Waals surface area contributed by atoms with Gasteiger partial charge in [0, 0.05) is 18.3 Å². The molecule has 7 nitrogen and oxygen atoms in total. The van der Waals surface area contributed by atoms with Crippen LogP contribution in [-0.2, 0) is 4.79 Å². The zero-order valence-corrected chi connectivity index (χ0v) is 18.2. The van der Waals surface area contributed by atoms with Crippen molar-refractivity contribution in [1.82, 2.24) is 20.1 Å². The molecule has 0 saturated heterocycles. The number of carbonyl (C=O) groups is 2. The zero-order valence-electron chi connectivity index (χ0n) is 17.4. The molecule has 0 aliphatic carbocycles. The molecule has 2 N–H and O–H groups in total. The van der Waals surface area contributed by atoms with E-state index in [0.29, 0.717) is 22.2 Å². The van der Waals surface area contributed by atoms with Gasteiger partial charge in [0.1, 0.15) is 0 Å². The molecule has 0 fully saturated rings. The second kappa shape index (κ2) is 9.93. The standard InChI is InChI=1S/C24H21N5O2S/c1-25-23(31)19-14-8-9-15-20(19)26-21(30)16-32-24-28-27-22(17-10-4-2-5-11-17)29(24)18-12-6-3-7-13-18/h2-15H,16H2,1H3,(H,25,31)(H,26,30). The molecule has 32 heavy (non-hydrogen) atoms. The van der Waals surface area contributed by atoms with Gasteiger partial charge in [-0.15, -0.1) is 10.2 Å². The van der Waals surface area contributed by atoms with Gasteiger partial charge in [-0.25, -0.2) is 0 Å². The van der Waals surface area contributed by atoms with E-state index in [4.69, 9.17) is 0 Å². The zero-order chi connectivity index (χ0) is 22.3. The molecular weight excluding hydrogens is 422 g/mol. The van der Waals surface area contributed by atoms with Crippen molar-refractivity contribution >= 4 is 29.3 Å². The summed E-state index contributed by atoms with van der Waals surface area (Å²) in [6.07, 6.45) is 0. The maximum absolute atomic E-state index is 12.7. The van der Waals surface area contributed by atoms with Gasteiger partial charge in [-0.3, -0.25) is 14.2 Å². The van der Waals surface area contributed by atoms with E-state index in [0.717, 1.165) is 11.3 Å². The topological polar surface area (TPSA) is 88.9 Å². The number of carbonyl (C=O) groups excluding carboxylic acids is 2. The van der Waals surface area contributed by atoms with E-state index in [1.54, 1.807) is 31.3 Å². The Morgan fingerprint density at radius 1 is 0.875 bits per heavy atom. The van der Waals surface area contributed by atoms with Crippen LogP contribution in [0.3, 0.4) is 0 Å². The van der Waals surface area contributed by atoms with Crippen molar-refractivity contribution in [3.63, 3.8) is 0 Å². The lowest BCUT2D eigenvalue weighted by Crippen LogP contribution is -2.22. The van der Waals surface area contributed by atoms with Crippen LogP contribution < -0.4 is 10.6 Å². The van der Waals surface area contributed by atoms with Crippen molar-refractivity contribution in [2.75, 3.05) is 18.1 Å². The molecule has 0 atom stereocenters. The van der Waals surface area contributed by atoms with Crippen LogP contribution in [0.15, 0.2) is 90.1 Å². The first-order valence-electron chi connectivity index (χ1n) is 9.97. The van der Waals surface area contributed by atoms with Crippen LogP contribution in [0.5, 0.6) is 0 Å². The van der Waals surface area contributed by atoms with Crippen LogP contribution in [0, 0.1) is 0 Å². The van der Waals surface area contributed by atoms with Crippen LogP contribution in [-0.4, -0.2) is 39.4 Å². The number of hydrogen-bond donors (Lipinski definition) is 2. The molecule has 4 aromatic rings. The number of anilines is 1. The van der Waals surface area contributed by atoms with E-state index < -0.39 is 0 Å². The third-order valence-corrected chi connectivity index (χ3v) is 5.61. The Hall–Kier alpha value is -3.91. The van der Waals surface area contributed by atoms with Crippen molar-refractivity contribution in [1.29, 1.82) is 0 Å². The van der Waals surface area contributed by atoms with Gasteiger partial charge in [0.2, 0.25) is 5.91 Å². The fourth-order valence-electron chi connectivity index (χ4n) is 3.19. The molecule has 0 aliphatic rings. The van der Waals surface area contributed by atoms with Crippen LogP contribution in [0.25, 0.3) is 17.1 Å². The van der Waals surface area contributed by atoms with E-state index in [1.807, 2.05) is 65.2 Å². The van der Waals surface area contributed by atoms with Crippen molar-refractivity contribution in [2.24, 2.45) is 0 Å². The van der Waals surface area contributed by atoms with Crippen LogP contribution >= 0.6 is 11.8 Å². The second-order valence-electron chi connectivity index (χ2n) is 6.80. The number of para-hydroxylation sites is 2. The molecule has 0 saturated carbocycles. The summed E-state index contributed by atoms with van der Waals surface area (Å²) < 4.78 is 1.94. The minimum atomic E-state index is -0.259. The number of thioether (sulfide) groups is 1. The first kappa shape index (κ1) is 21.3. The van der Waals surface area contributed by atoms with Crippen LogP contribution in [0.2, 0.25) is 0 Å². The summed E-state index contributed by atoms with van der Waals surface area (Å²) in [7, 11) is 1.55. The number of nitrogens with one attached hydrogen (secondary N) is 2. The van der Waals surface area contributed by atoms with Crippen molar-refractivity contribution in [3.05, 3.63) is 90.5 Å². The maximum Gasteiger partial charge on any atom is 0.253 e. The summed E-state index contributed by atoms with van der Waals surface area (Å²) in [4.78, 5) is 24.7. The summed E-state index contributed by atoms with van der Waals surface area (Å²) in [5.74, 6) is 0.312. The minimum absolute atomic E-state index is 0.113. The fourth-order valence-corrected chi connectivity index (χ4v) is 3.94. The SMILES string of the molecule is CNC(=O)c1ccccc1NC(=O)CSc1nnc(-c2ccccc2)n1-c1ccccc1. The molecule has 0 unspecified atom stereocenters. The lowest BCUT2D eigenvalue weighted by Gasteiger charge is -2.11. The highest BCUT2D eigenvalue weighted by atomic mass is 32.2. The molecule has 8 heteroatoms. The van der Waals surface area contributed by atoms with Gasteiger partial charge >= 0.3 is 0 Å². The Morgan fingerprint density at radius 2 is 1.53 bits per heavy atom. The van der Waals surface area contributed by atoms with Crippen molar-refractivity contribution in [3.8, 4) is 17.1 Å². The highest BCUT2D eigenvalue weighted by molar-refractivity contribution is 7.99. The van der Waals surface area contributed by atoms with Crippen LogP contribution in [0.4, 0.5) is 5.69 Å². The highest BCUT2D eigenvalue weighted by Crippen LogP contribution is 2.28. The molecule has 0 spiro atoms. The lowest BCUT2D eigenvalue weighted by atomic mass is 10.1. The van der Waals surface area contributed by atoms with E-state index in [1.165, 1.54) is 11.8 Å². The molecular formula is C24H21N5O2S. The van der Waals surface area contributed by atoms with E-state index in [9.17, 15) is 9.59 Å². The number of rotatable bonds is 7. The monoisotopic (exact) mass is 443 g/mol. The third-order valence-electron chi connectivity index (χ3n) is 4.68.